The third-order valence-electron chi connectivity index (χ3n) is 2.44. The predicted molar refractivity (Wildman–Crippen MR) is 63.4 cm³/mol. The van der Waals surface area contributed by atoms with Gasteiger partial charge in [0.2, 0.25) is 0 Å². The summed E-state index contributed by atoms with van der Waals surface area (Å²) in [6, 6.07) is 5.93. The highest BCUT2D eigenvalue weighted by Gasteiger charge is 2.18. The minimum atomic E-state index is 0.172. The van der Waals surface area contributed by atoms with Crippen molar-refractivity contribution in [3.63, 3.8) is 0 Å². The van der Waals surface area contributed by atoms with Gasteiger partial charge in [-0.15, -0.1) is 0 Å². The average molecular weight is 272 g/mol. The van der Waals surface area contributed by atoms with E-state index in [9.17, 15) is 0 Å². The van der Waals surface area contributed by atoms with Gasteiger partial charge in [0.25, 0.3) is 0 Å². The summed E-state index contributed by atoms with van der Waals surface area (Å²) in [6.45, 7) is 1.04. The number of hydrogen-bond donors (Lipinski definition) is 2. The van der Waals surface area contributed by atoms with E-state index >= 15 is 0 Å². The summed E-state index contributed by atoms with van der Waals surface area (Å²) in [6.07, 6.45) is 1.85. The second kappa shape index (κ2) is 4.86. The second-order valence-electron chi connectivity index (χ2n) is 3.63. The molecule has 1 aromatic carbocycles. The summed E-state index contributed by atoms with van der Waals surface area (Å²) in [5.74, 6) is 0.896. The first-order chi connectivity index (χ1) is 7.29. The molecule has 0 spiro atoms. The normalized spacial score (nSPS) is 18.9. The molecule has 0 fully saturated rings. The third-order valence-corrected chi connectivity index (χ3v) is 2.93. The molecule has 2 N–H and O–H groups in total. The van der Waals surface area contributed by atoms with Gasteiger partial charge in [0.05, 0.1) is 12.2 Å². The number of anilines is 1. The predicted octanol–water partition coefficient (Wildman–Crippen LogP) is 2.39. The SMILES string of the molecule is OCCCC1CNc2cc(Br)ccc2O1. The number of ether oxygens (including phenoxy) is 1. The van der Waals surface area contributed by atoms with Crippen LogP contribution >= 0.6 is 15.9 Å². The van der Waals surface area contributed by atoms with Gasteiger partial charge in [0, 0.05) is 11.1 Å². The summed E-state index contributed by atoms with van der Waals surface area (Å²) in [7, 11) is 0. The fraction of sp³-hybridized carbons (Fsp3) is 0.455. The first-order valence-corrected chi connectivity index (χ1v) is 5.90. The molecule has 0 aromatic heterocycles. The maximum absolute atomic E-state index is 8.75. The van der Waals surface area contributed by atoms with E-state index in [2.05, 4.69) is 21.2 Å². The van der Waals surface area contributed by atoms with Crippen LogP contribution in [-0.2, 0) is 0 Å². The smallest absolute Gasteiger partial charge is 0.142 e. The Balaban J connectivity index is 2.03. The zero-order valence-electron chi connectivity index (χ0n) is 8.37. The van der Waals surface area contributed by atoms with E-state index in [0.29, 0.717) is 0 Å². The Bertz CT molecular complexity index is 343. The summed E-state index contributed by atoms with van der Waals surface area (Å²) in [4.78, 5) is 0. The number of rotatable bonds is 3. The van der Waals surface area contributed by atoms with Gasteiger partial charge in [0.15, 0.2) is 0 Å². The highest BCUT2D eigenvalue weighted by Crippen LogP contribution is 2.32. The molecule has 4 heteroatoms. The van der Waals surface area contributed by atoms with Crippen molar-refractivity contribution in [3.05, 3.63) is 22.7 Å². The van der Waals surface area contributed by atoms with Gasteiger partial charge in [-0.2, -0.15) is 0 Å². The highest BCUT2D eigenvalue weighted by molar-refractivity contribution is 9.10. The molecule has 3 nitrogen and oxygen atoms in total. The molecule has 2 rings (SSSR count). The van der Waals surface area contributed by atoms with Gasteiger partial charge < -0.3 is 15.2 Å². The lowest BCUT2D eigenvalue weighted by atomic mass is 10.1. The summed E-state index contributed by atoms with van der Waals surface area (Å²) >= 11 is 3.42. The lowest BCUT2D eigenvalue weighted by Crippen LogP contribution is -2.30. The molecule has 1 aliphatic heterocycles. The van der Waals surface area contributed by atoms with Crippen molar-refractivity contribution in [1.29, 1.82) is 0 Å². The van der Waals surface area contributed by atoms with Crippen molar-refractivity contribution >= 4 is 21.6 Å². The quantitative estimate of drug-likeness (QED) is 0.887. The van der Waals surface area contributed by atoms with Crippen LogP contribution in [0.1, 0.15) is 12.8 Å². The molecule has 1 heterocycles. The first kappa shape index (κ1) is 10.8. The van der Waals surface area contributed by atoms with E-state index in [-0.39, 0.29) is 12.7 Å². The van der Waals surface area contributed by atoms with Gasteiger partial charge in [-0.3, -0.25) is 0 Å². The largest absolute Gasteiger partial charge is 0.486 e. The Morgan fingerprint density at radius 1 is 1.53 bits per heavy atom. The van der Waals surface area contributed by atoms with Gasteiger partial charge in [-0.25, -0.2) is 0 Å². The lowest BCUT2D eigenvalue weighted by molar-refractivity contribution is 0.177. The van der Waals surface area contributed by atoms with Crippen LogP contribution < -0.4 is 10.1 Å². The number of nitrogens with one attached hydrogen (secondary N) is 1. The van der Waals surface area contributed by atoms with Crippen LogP contribution in [0, 0.1) is 0 Å². The molecule has 0 amide bonds. The lowest BCUT2D eigenvalue weighted by Gasteiger charge is -2.27. The maximum Gasteiger partial charge on any atom is 0.142 e. The maximum atomic E-state index is 8.75. The van der Waals surface area contributed by atoms with Crippen LogP contribution in [0.4, 0.5) is 5.69 Å². The fourth-order valence-electron chi connectivity index (χ4n) is 1.67. The molecule has 0 aliphatic carbocycles. The zero-order chi connectivity index (χ0) is 10.7. The van der Waals surface area contributed by atoms with Crippen LogP contribution in [0.3, 0.4) is 0 Å². The third kappa shape index (κ3) is 2.63. The molecular weight excluding hydrogens is 258 g/mol. The highest BCUT2D eigenvalue weighted by atomic mass is 79.9. The molecule has 0 saturated carbocycles. The van der Waals surface area contributed by atoms with Gasteiger partial charge >= 0.3 is 0 Å². The Morgan fingerprint density at radius 3 is 3.20 bits per heavy atom. The molecular formula is C11H14BrNO2. The van der Waals surface area contributed by atoms with Crippen molar-refractivity contribution in [2.24, 2.45) is 0 Å². The minimum Gasteiger partial charge on any atom is -0.486 e. The Kier molecular flexibility index (Phi) is 3.49. The summed E-state index contributed by atoms with van der Waals surface area (Å²) in [5.41, 5.74) is 1.03. The number of benzene rings is 1. The van der Waals surface area contributed by atoms with Crippen LogP contribution in [0.25, 0.3) is 0 Å². The number of halogens is 1. The zero-order valence-corrected chi connectivity index (χ0v) is 9.96. The van der Waals surface area contributed by atoms with Crippen molar-refractivity contribution in [1.82, 2.24) is 0 Å². The Labute approximate surface area is 97.6 Å². The van der Waals surface area contributed by atoms with E-state index in [4.69, 9.17) is 9.84 Å². The molecule has 82 valence electrons. The fourth-order valence-corrected chi connectivity index (χ4v) is 2.03. The van der Waals surface area contributed by atoms with Crippen molar-refractivity contribution in [2.75, 3.05) is 18.5 Å². The van der Waals surface area contributed by atoms with Crippen molar-refractivity contribution in [3.8, 4) is 5.75 Å². The molecule has 1 atom stereocenters. The number of fused-ring (bicyclic) bond motifs is 1. The molecule has 1 aromatic rings. The minimum absolute atomic E-state index is 0.172. The van der Waals surface area contributed by atoms with Crippen LogP contribution in [-0.4, -0.2) is 24.4 Å². The van der Waals surface area contributed by atoms with Gasteiger partial charge in [-0.05, 0) is 31.0 Å². The number of aliphatic hydroxyl groups excluding tert-OH is 1. The van der Waals surface area contributed by atoms with E-state index in [1.807, 2.05) is 18.2 Å². The molecule has 0 bridgehead atoms. The molecule has 1 aliphatic rings. The number of hydrogen-bond acceptors (Lipinski definition) is 3. The summed E-state index contributed by atoms with van der Waals surface area (Å²) < 4.78 is 6.84. The number of aliphatic hydroxyl groups is 1. The second-order valence-corrected chi connectivity index (χ2v) is 4.54. The monoisotopic (exact) mass is 271 g/mol. The van der Waals surface area contributed by atoms with E-state index in [0.717, 1.165) is 35.3 Å². The van der Waals surface area contributed by atoms with E-state index in [1.165, 1.54) is 0 Å². The first-order valence-electron chi connectivity index (χ1n) is 5.10. The Morgan fingerprint density at radius 2 is 2.40 bits per heavy atom. The van der Waals surface area contributed by atoms with Gasteiger partial charge in [-0.1, -0.05) is 15.9 Å². The van der Waals surface area contributed by atoms with Crippen molar-refractivity contribution < 1.29 is 9.84 Å². The average Bonchev–Trinajstić information content (AvgIpc) is 2.26. The van der Waals surface area contributed by atoms with Crippen LogP contribution in [0.2, 0.25) is 0 Å². The van der Waals surface area contributed by atoms with Crippen molar-refractivity contribution in [2.45, 2.75) is 18.9 Å². The van der Waals surface area contributed by atoms with Gasteiger partial charge in [0.1, 0.15) is 11.9 Å². The topological polar surface area (TPSA) is 41.5 Å². The standard InChI is InChI=1S/C11H14BrNO2/c12-8-3-4-11-10(6-8)13-7-9(15-11)2-1-5-14/h3-4,6,9,13-14H,1-2,5,7H2. The van der Waals surface area contributed by atoms with E-state index in [1.54, 1.807) is 0 Å². The summed E-state index contributed by atoms with van der Waals surface area (Å²) in [5, 5.41) is 12.1. The molecule has 0 radical (unpaired) electrons. The van der Waals surface area contributed by atoms with Crippen LogP contribution in [0.15, 0.2) is 22.7 Å². The molecule has 0 saturated heterocycles. The van der Waals surface area contributed by atoms with Crippen LogP contribution in [0.5, 0.6) is 5.75 Å². The van der Waals surface area contributed by atoms with E-state index < -0.39 is 0 Å². The Hall–Kier alpha value is -0.740. The molecule has 1 unspecified atom stereocenters. The molecule has 15 heavy (non-hydrogen) atoms.